The van der Waals surface area contributed by atoms with Crippen LogP contribution in [-0.4, -0.2) is 41.5 Å². The van der Waals surface area contributed by atoms with Crippen molar-refractivity contribution < 1.29 is 23.5 Å². The summed E-state index contributed by atoms with van der Waals surface area (Å²) in [7, 11) is 0. The SMILES string of the molecule is CC(N)C(=O)NC(CCCN)(C(=O)O)C(F)F. The second kappa shape index (κ2) is 6.45. The van der Waals surface area contributed by atoms with E-state index in [9.17, 15) is 18.4 Å². The average molecular weight is 253 g/mol. The van der Waals surface area contributed by atoms with Crippen molar-refractivity contribution in [2.24, 2.45) is 11.5 Å². The molecule has 0 rings (SSSR count). The second-order valence-corrected chi connectivity index (χ2v) is 3.75. The maximum absolute atomic E-state index is 12.9. The topological polar surface area (TPSA) is 118 Å². The molecule has 0 aliphatic carbocycles. The first-order valence-electron chi connectivity index (χ1n) is 5.07. The molecule has 0 fully saturated rings. The highest BCUT2D eigenvalue weighted by Crippen LogP contribution is 2.22. The number of alkyl halides is 2. The van der Waals surface area contributed by atoms with E-state index in [1.165, 1.54) is 6.92 Å². The van der Waals surface area contributed by atoms with E-state index in [0.717, 1.165) is 0 Å². The van der Waals surface area contributed by atoms with Crippen molar-refractivity contribution >= 4 is 11.9 Å². The van der Waals surface area contributed by atoms with Crippen LogP contribution in [0.25, 0.3) is 0 Å². The van der Waals surface area contributed by atoms with Crippen molar-refractivity contribution in [1.82, 2.24) is 5.32 Å². The van der Waals surface area contributed by atoms with Gasteiger partial charge < -0.3 is 21.9 Å². The van der Waals surface area contributed by atoms with Crippen molar-refractivity contribution in [2.75, 3.05) is 6.54 Å². The fourth-order valence-corrected chi connectivity index (χ4v) is 1.19. The summed E-state index contributed by atoms with van der Waals surface area (Å²) < 4.78 is 25.8. The molecule has 0 radical (unpaired) electrons. The van der Waals surface area contributed by atoms with E-state index in [0.29, 0.717) is 0 Å². The number of rotatable bonds is 7. The Labute approximate surface area is 97.3 Å². The normalized spacial score (nSPS) is 16.4. The first kappa shape index (κ1) is 15.7. The molecule has 6 N–H and O–H groups in total. The van der Waals surface area contributed by atoms with Gasteiger partial charge in [-0.1, -0.05) is 0 Å². The van der Waals surface area contributed by atoms with Gasteiger partial charge in [0.1, 0.15) is 0 Å². The van der Waals surface area contributed by atoms with Gasteiger partial charge >= 0.3 is 5.97 Å². The molecule has 0 aromatic carbocycles. The molecule has 17 heavy (non-hydrogen) atoms. The highest BCUT2D eigenvalue weighted by Gasteiger charge is 2.48. The maximum atomic E-state index is 12.9. The fourth-order valence-electron chi connectivity index (χ4n) is 1.19. The minimum Gasteiger partial charge on any atom is -0.479 e. The predicted octanol–water partition coefficient (Wildman–Crippen LogP) is -0.723. The van der Waals surface area contributed by atoms with Crippen molar-refractivity contribution in [3.8, 4) is 0 Å². The smallest absolute Gasteiger partial charge is 0.335 e. The predicted molar refractivity (Wildman–Crippen MR) is 56.5 cm³/mol. The Kier molecular flexibility index (Phi) is 5.97. The van der Waals surface area contributed by atoms with E-state index in [4.69, 9.17) is 16.6 Å². The zero-order valence-corrected chi connectivity index (χ0v) is 9.45. The molecule has 0 spiro atoms. The molecular formula is C9H17F2N3O3. The van der Waals surface area contributed by atoms with Crippen LogP contribution in [0.4, 0.5) is 8.78 Å². The quantitative estimate of drug-likeness (QED) is 0.477. The summed E-state index contributed by atoms with van der Waals surface area (Å²) in [5, 5.41) is 10.7. The van der Waals surface area contributed by atoms with Gasteiger partial charge in [-0.2, -0.15) is 0 Å². The van der Waals surface area contributed by atoms with E-state index in [2.05, 4.69) is 0 Å². The van der Waals surface area contributed by atoms with E-state index in [-0.39, 0.29) is 13.0 Å². The van der Waals surface area contributed by atoms with Gasteiger partial charge in [0.25, 0.3) is 6.43 Å². The van der Waals surface area contributed by atoms with Crippen LogP contribution >= 0.6 is 0 Å². The molecule has 2 atom stereocenters. The minimum absolute atomic E-state index is 0.0514. The summed E-state index contributed by atoms with van der Waals surface area (Å²) in [5.74, 6) is -2.74. The first-order chi connectivity index (χ1) is 7.77. The zero-order valence-electron chi connectivity index (χ0n) is 9.45. The number of aliphatic carboxylic acids is 1. The van der Waals surface area contributed by atoms with Crippen LogP contribution in [0.5, 0.6) is 0 Å². The Morgan fingerprint density at radius 2 is 2.00 bits per heavy atom. The second-order valence-electron chi connectivity index (χ2n) is 3.75. The fraction of sp³-hybridized carbons (Fsp3) is 0.778. The number of hydrogen-bond donors (Lipinski definition) is 4. The third kappa shape index (κ3) is 3.90. The molecule has 6 nitrogen and oxygen atoms in total. The summed E-state index contributed by atoms with van der Waals surface area (Å²) >= 11 is 0. The molecule has 0 bridgehead atoms. The van der Waals surface area contributed by atoms with Crippen LogP contribution in [0.15, 0.2) is 0 Å². The lowest BCUT2D eigenvalue weighted by Crippen LogP contribution is -2.62. The number of nitrogens with one attached hydrogen (secondary N) is 1. The number of halogens is 2. The lowest BCUT2D eigenvalue weighted by atomic mass is 9.93. The number of nitrogens with two attached hydrogens (primary N) is 2. The Hall–Kier alpha value is -1.28. The van der Waals surface area contributed by atoms with E-state index in [1.54, 1.807) is 5.32 Å². The lowest BCUT2D eigenvalue weighted by molar-refractivity contribution is -0.156. The molecule has 8 heteroatoms. The third-order valence-corrected chi connectivity index (χ3v) is 2.29. The zero-order chi connectivity index (χ0) is 13.6. The minimum atomic E-state index is -3.24. The van der Waals surface area contributed by atoms with Gasteiger partial charge in [-0.25, -0.2) is 13.6 Å². The Balaban J connectivity index is 5.04. The maximum Gasteiger partial charge on any atom is 0.335 e. The van der Waals surface area contributed by atoms with E-state index < -0.39 is 36.3 Å². The highest BCUT2D eigenvalue weighted by atomic mass is 19.3. The van der Waals surface area contributed by atoms with Crippen LogP contribution in [0, 0.1) is 0 Å². The van der Waals surface area contributed by atoms with Gasteiger partial charge in [0.05, 0.1) is 6.04 Å². The molecule has 0 aromatic heterocycles. The van der Waals surface area contributed by atoms with Crippen molar-refractivity contribution in [3.05, 3.63) is 0 Å². The standard InChI is InChI=1S/C9H17F2N3O3/c1-5(13)6(15)14-9(7(10)11,8(16)17)3-2-4-12/h5,7H,2-4,12-13H2,1H3,(H,14,15)(H,16,17). The third-order valence-electron chi connectivity index (χ3n) is 2.29. The largest absolute Gasteiger partial charge is 0.479 e. The molecule has 0 saturated heterocycles. The molecule has 100 valence electrons. The molecule has 0 aromatic rings. The van der Waals surface area contributed by atoms with Crippen LogP contribution in [-0.2, 0) is 9.59 Å². The van der Waals surface area contributed by atoms with Gasteiger partial charge in [-0.05, 0) is 26.3 Å². The van der Waals surface area contributed by atoms with Crippen LogP contribution in [0.2, 0.25) is 0 Å². The number of carboxylic acids is 1. The van der Waals surface area contributed by atoms with Gasteiger partial charge in [0, 0.05) is 0 Å². The molecule has 2 unspecified atom stereocenters. The van der Waals surface area contributed by atoms with Gasteiger partial charge in [0.2, 0.25) is 5.91 Å². The summed E-state index contributed by atoms with van der Waals surface area (Å²) in [4.78, 5) is 22.2. The number of hydrogen-bond acceptors (Lipinski definition) is 4. The molecule has 0 aliphatic heterocycles. The van der Waals surface area contributed by atoms with Crippen LogP contribution in [0.1, 0.15) is 19.8 Å². The highest BCUT2D eigenvalue weighted by molar-refractivity contribution is 5.89. The summed E-state index contributed by atoms with van der Waals surface area (Å²) in [6.45, 7) is 1.33. The molecular weight excluding hydrogens is 236 g/mol. The van der Waals surface area contributed by atoms with Gasteiger partial charge in [-0.15, -0.1) is 0 Å². The van der Waals surface area contributed by atoms with E-state index >= 15 is 0 Å². The van der Waals surface area contributed by atoms with Gasteiger partial charge in [-0.3, -0.25) is 4.79 Å². The number of amides is 1. The van der Waals surface area contributed by atoms with Gasteiger partial charge in [0.15, 0.2) is 5.54 Å². The number of carbonyl (C=O) groups excluding carboxylic acids is 1. The first-order valence-corrected chi connectivity index (χ1v) is 5.07. The molecule has 0 aliphatic rings. The average Bonchev–Trinajstić information content (AvgIpc) is 2.22. The Morgan fingerprint density at radius 3 is 2.29 bits per heavy atom. The lowest BCUT2D eigenvalue weighted by Gasteiger charge is -2.30. The van der Waals surface area contributed by atoms with Crippen LogP contribution in [0.3, 0.4) is 0 Å². The summed E-state index contributed by atoms with van der Waals surface area (Å²) in [6, 6.07) is -1.06. The van der Waals surface area contributed by atoms with Crippen molar-refractivity contribution in [1.29, 1.82) is 0 Å². The number of carboxylic acid groups (broad SMARTS) is 1. The summed E-state index contributed by atoms with van der Waals surface area (Å²) in [6.07, 6.45) is -3.64. The summed E-state index contributed by atoms with van der Waals surface area (Å²) in [5.41, 5.74) is 7.73. The number of carbonyl (C=O) groups is 2. The van der Waals surface area contributed by atoms with Crippen molar-refractivity contribution in [3.63, 3.8) is 0 Å². The molecule has 0 saturated carbocycles. The van der Waals surface area contributed by atoms with Crippen molar-refractivity contribution in [2.45, 2.75) is 37.8 Å². The molecule has 1 amide bonds. The monoisotopic (exact) mass is 253 g/mol. The Bertz CT molecular complexity index is 287. The molecule has 0 heterocycles. The van der Waals surface area contributed by atoms with E-state index in [1.807, 2.05) is 0 Å². The van der Waals surface area contributed by atoms with Crippen LogP contribution < -0.4 is 16.8 Å². The Morgan fingerprint density at radius 1 is 1.47 bits per heavy atom.